The Morgan fingerprint density at radius 1 is 1.34 bits per heavy atom. The molecule has 0 radical (unpaired) electrons. The normalized spacial score (nSPS) is 21.3. The van der Waals surface area contributed by atoms with Crippen LogP contribution in [-0.4, -0.2) is 72.0 Å². The molecule has 2 heterocycles. The van der Waals surface area contributed by atoms with Gasteiger partial charge in [0.15, 0.2) is 11.5 Å². The Morgan fingerprint density at radius 2 is 2.09 bits per heavy atom. The van der Waals surface area contributed by atoms with E-state index in [4.69, 9.17) is 14.2 Å². The van der Waals surface area contributed by atoms with E-state index in [-0.39, 0.29) is 43.3 Å². The van der Waals surface area contributed by atoms with Gasteiger partial charge in [0, 0.05) is 37.5 Å². The van der Waals surface area contributed by atoms with E-state index in [1.165, 1.54) is 0 Å². The van der Waals surface area contributed by atoms with Crippen LogP contribution in [0, 0.1) is 11.8 Å². The van der Waals surface area contributed by atoms with Gasteiger partial charge < -0.3 is 29.1 Å². The number of hydrogen-bond donors (Lipinski definition) is 1. The van der Waals surface area contributed by atoms with Crippen molar-refractivity contribution in [2.45, 2.75) is 52.7 Å². The maximum atomic E-state index is 13.1. The van der Waals surface area contributed by atoms with Gasteiger partial charge >= 0.3 is 6.09 Å². The third kappa shape index (κ3) is 5.65. The molecule has 0 unspecified atom stereocenters. The molecule has 2 aliphatic rings. The molecule has 3 rings (SSSR count). The maximum absolute atomic E-state index is 13.1. The van der Waals surface area contributed by atoms with Crippen LogP contribution in [0.4, 0.5) is 4.79 Å². The summed E-state index contributed by atoms with van der Waals surface area (Å²) in [6.07, 6.45) is -0.260. The molecule has 2 atom stereocenters. The SMILES string of the molecule is CCOc1cccc2c1OC[C@@H]1CN(CC(C)(C)O)C(=O)CCN(C(=O)OCC(C)C)[C@H]21. The van der Waals surface area contributed by atoms with Gasteiger partial charge in [-0.25, -0.2) is 4.79 Å². The van der Waals surface area contributed by atoms with Crippen molar-refractivity contribution < 1.29 is 28.9 Å². The first-order chi connectivity index (χ1) is 15.1. The number of hydrogen-bond acceptors (Lipinski definition) is 6. The molecule has 0 aromatic heterocycles. The smallest absolute Gasteiger partial charge is 0.410 e. The zero-order chi connectivity index (χ0) is 23.5. The van der Waals surface area contributed by atoms with Crippen molar-refractivity contribution in [1.82, 2.24) is 9.80 Å². The molecule has 8 heteroatoms. The van der Waals surface area contributed by atoms with Gasteiger partial charge in [-0.05, 0) is 32.8 Å². The van der Waals surface area contributed by atoms with Crippen LogP contribution in [-0.2, 0) is 9.53 Å². The summed E-state index contributed by atoms with van der Waals surface area (Å²) < 4.78 is 17.4. The number of rotatable bonds is 6. The Kier molecular flexibility index (Phi) is 7.54. The lowest BCUT2D eigenvalue weighted by Crippen LogP contribution is -2.53. The fraction of sp³-hybridized carbons (Fsp3) is 0.667. The summed E-state index contributed by atoms with van der Waals surface area (Å²) in [4.78, 5) is 29.4. The monoisotopic (exact) mass is 448 g/mol. The van der Waals surface area contributed by atoms with Gasteiger partial charge in [0.25, 0.3) is 0 Å². The number of carbonyl (C=O) groups is 2. The number of aliphatic hydroxyl groups is 1. The van der Waals surface area contributed by atoms with Gasteiger partial charge in [-0.1, -0.05) is 26.0 Å². The van der Waals surface area contributed by atoms with Crippen molar-refractivity contribution in [2.24, 2.45) is 11.8 Å². The number of ether oxygens (including phenoxy) is 3. The number of fused-ring (bicyclic) bond motifs is 3. The molecular formula is C24H36N2O6. The van der Waals surface area contributed by atoms with Crippen molar-refractivity contribution in [1.29, 1.82) is 0 Å². The van der Waals surface area contributed by atoms with Crippen molar-refractivity contribution in [3.63, 3.8) is 0 Å². The van der Waals surface area contributed by atoms with E-state index in [0.717, 1.165) is 5.56 Å². The molecular weight excluding hydrogens is 412 g/mol. The Bertz CT molecular complexity index is 819. The van der Waals surface area contributed by atoms with Gasteiger partial charge in [-0.2, -0.15) is 0 Å². The summed E-state index contributed by atoms with van der Waals surface area (Å²) in [6.45, 7) is 11.2. The Hall–Kier alpha value is -2.48. The highest BCUT2D eigenvalue weighted by Gasteiger charge is 2.43. The molecule has 2 aliphatic heterocycles. The van der Waals surface area contributed by atoms with E-state index in [1.54, 1.807) is 23.6 Å². The molecule has 178 valence electrons. The minimum atomic E-state index is -1.02. The molecule has 0 saturated carbocycles. The fourth-order valence-corrected chi connectivity index (χ4v) is 4.34. The number of nitrogens with zero attached hydrogens (tertiary/aromatic N) is 2. The number of β-amino-alcohol motifs (C(OH)–C–C–N with tert-alkyl or cyclic N) is 1. The molecule has 1 fully saturated rings. The topological polar surface area (TPSA) is 88.5 Å². The van der Waals surface area contributed by atoms with Crippen molar-refractivity contribution in [3.8, 4) is 11.5 Å². The standard InChI is InChI=1S/C24H36N2O6/c1-6-30-19-9-7-8-18-21-17(14-31-22(18)19)12-25(15-24(4,5)29)20(27)10-11-26(21)23(28)32-13-16(2)3/h7-9,16-17,21,29H,6,10-15H2,1-5H3/t17-,21-/m0/s1. The van der Waals surface area contributed by atoms with Crippen molar-refractivity contribution >= 4 is 12.0 Å². The highest BCUT2D eigenvalue weighted by atomic mass is 16.6. The van der Waals surface area contributed by atoms with E-state index in [2.05, 4.69) is 0 Å². The minimum Gasteiger partial charge on any atom is -0.490 e. The first-order valence-electron chi connectivity index (χ1n) is 11.4. The molecule has 2 amide bonds. The Balaban J connectivity index is 1.99. The highest BCUT2D eigenvalue weighted by molar-refractivity contribution is 5.78. The molecule has 1 aromatic carbocycles. The Labute approximate surface area is 190 Å². The molecule has 32 heavy (non-hydrogen) atoms. The van der Waals surface area contributed by atoms with Gasteiger partial charge in [0.05, 0.1) is 31.5 Å². The summed E-state index contributed by atoms with van der Waals surface area (Å²) >= 11 is 0. The van der Waals surface area contributed by atoms with Crippen LogP contribution >= 0.6 is 0 Å². The molecule has 0 spiro atoms. The third-order valence-electron chi connectivity index (χ3n) is 5.58. The van der Waals surface area contributed by atoms with Crippen molar-refractivity contribution in [2.75, 3.05) is 39.5 Å². The lowest BCUT2D eigenvalue weighted by Gasteiger charge is -2.44. The predicted octanol–water partition coefficient (Wildman–Crippen LogP) is 3.23. The second-order valence-corrected chi connectivity index (χ2v) is 9.62. The summed E-state index contributed by atoms with van der Waals surface area (Å²) in [5.41, 5.74) is -0.165. The van der Waals surface area contributed by atoms with Gasteiger partial charge in [0.2, 0.25) is 5.91 Å². The second-order valence-electron chi connectivity index (χ2n) is 9.62. The minimum absolute atomic E-state index is 0.0962. The van der Waals surface area contributed by atoms with Gasteiger partial charge in [0.1, 0.15) is 0 Å². The summed E-state index contributed by atoms with van der Waals surface area (Å²) in [7, 11) is 0. The van der Waals surface area contributed by atoms with Crippen LogP contribution in [0.5, 0.6) is 11.5 Å². The molecule has 1 aromatic rings. The molecule has 0 bridgehead atoms. The second kappa shape index (κ2) is 9.98. The van der Waals surface area contributed by atoms with E-state index >= 15 is 0 Å². The van der Waals surface area contributed by atoms with E-state index in [1.807, 2.05) is 39.0 Å². The number of carbonyl (C=O) groups excluding carboxylic acids is 2. The first-order valence-corrected chi connectivity index (χ1v) is 11.4. The quantitative estimate of drug-likeness (QED) is 0.719. The largest absolute Gasteiger partial charge is 0.490 e. The highest BCUT2D eigenvalue weighted by Crippen LogP contribution is 2.45. The van der Waals surface area contributed by atoms with E-state index < -0.39 is 11.7 Å². The molecule has 8 nitrogen and oxygen atoms in total. The van der Waals surface area contributed by atoms with Crippen molar-refractivity contribution in [3.05, 3.63) is 23.8 Å². The summed E-state index contributed by atoms with van der Waals surface area (Å²) in [6, 6.07) is 5.38. The van der Waals surface area contributed by atoms with E-state index in [0.29, 0.717) is 37.9 Å². The van der Waals surface area contributed by atoms with Crippen LogP contribution < -0.4 is 9.47 Å². The fourth-order valence-electron chi connectivity index (χ4n) is 4.34. The zero-order valence-corrected chi connectivity index (χ0v) is 19.8. The van der Waals surface area contributed by atoms with Crippen LogP contribution in [0.25, 0.3) is 0 Å². The summed E-state index contributed by atoms with van der Waals surface area (Å²) in [5.74, 6) is 1.22. The number of benzene rings is 1. The maximum Gasteiger partial charge on any atom is 0.410 e. The van der Waals surface area contributed by atoms with Crippen LogP contribution in [0.2, 0.25) is 0 Å². The summed E-state index contributed by atoms with van der Waals surface area (Å²) in [5, 5.41) is 10.3. The average molecular weight is 449 g/mol. The number of para-hydroxylation sites is 1. The zero-order valence-electron chi connectivity index (χ0n) is 19.8. The molecule has 1 saturated heterocycles. The van der Waals surface area contributed by atoms with Crippen LogP contribution in [0.1, 0.15) is 52.6 Å². The first kappa shape index (κ1) is 24.2. The van der Waals surface area contributed by atoms with Crippen LogP contribution in [0.15, 0.2) is 18.2 Å². The Morgan fingerprint density at radius 3 is 2.75 bits per heavy atom. The average Bonchev–Trinajstić information content (AvgIpc) is 2.71. The molecule has 1 N–H and O–H groups in total. The number of amides is 2. The lowest BCUT2D eigenvalue weighted by molar-refractivity contribution is -0.138. The van der Waals surface area contributed by atoms with Crippen LogP contribution in [0.3, 0.4) is 0 Å². The molecule has 0 aliphatic carbocycles. The lowest BCUT2D eigenvalue weighted by atomic mass is 9.87. The van der Waals surface area contributed by atoms with Gasteiger partial charge in [-0.15, -0.1) is 0 Å². The van der Waals surface area contributed by atoms with E-state index in [9.17, 15) is 14.7 Å². The van der Waals surface area contributed by atoms with Gasteiger partial charge in [-0.3, -0.25) is 4.79 Å². The third-order valence-corrected chi connectivity index (χ3v) is 5.58. The predicted molar refractivity (Wildman–Crippen MR) is 120 cm³/mol.